The number of hydrogen-bond acceptors (Lipinski definition) is 4. The fourth-order valence-electron chi connectivity index (χ4n) is 3.37. The highest BCUT2D eigenvalue weighted by Gasteiger charge is 2.38. The van der Waals surface area contributed by atoms with E-state index in [0.717, 1.165) is 11.3 Å². The number of carbonyl (C=O) groups is 1. The van der Waals surface area contributed by atoms with Crippen LogP contribution in [-0.4, -0.2) is 24.5 Å². The average molecular weight is 446 g/mol. The summed E-state index contributed by atoms with van der Waals surface area (Å²) in [6.45, 7) is 0. The first-order chi connectivity index (χ1) is 15.5. The monoisotopic (exact) mass is 445 g/mol. The van der Waals surface area contributed by atoms with Crippen molar-refractivity contribution in [2.75, 3.05) is 18.5 Å². The second-order valence-electron chi connectivity index (χ2n) is 7.20. The molecule has 3 aromatic rings. The number of carbonyl (C=O) groups excluding carboxylic acids is 1. The van der Waals surface area contributed by atoms with Crippen molar-refractivity contribution in [3.63, 3.8) is 0 Å². The number of benzene rings is 3. The Morgan fingerprint density at radius 2 is 1.91 bits per heavy atom. The Hall–Kier alpha value is -3.53. The molecule has 0 bridgehead atoms. The van der Waals surface area contributed by atoms with Crippen molar-refractivity contribution in [3.8, 4) is 17.6 Å². The van der Waals surface area contributed by atoms with Crippen molar-refractivity contribution < 1.29 is 18.5 Å². The first-order valence-corrected chi connectivity index (χ1v) is 11.0. The second kappa shape index (κ2) is 9.31. The number of hydrogen-bond donors (Lipinski definition) is 0. The summed E-state index contributed by atoms with van der Waals surface area (Å²) < 4.78 is 33.1. The number of rotatable bonds is 3. The smallest absolute Gasteiger partial charge is 0.245 e. The molecular formula is C26H20FNO3S. The van der Waals surface area contributed by atoms with Gasteiger partial charge < -0.3 is 9.29 Å². The minimum absolute atomic E-state index is 0.106. The molecule has 0 amide bonds. The number of methoxy groups -OCH3 is 1. The Labute approximate surface area is 189 Å². The number of anilines is 1. The highest BCUT2D eigenvalue weighted by molar-refractivity contribution is 7.97. The predicted octanol–water partition coefficient (Wildman–Crippen LogP) is 4.77. The van der Waals surface area contributed by atoms with E-state index in [1.165, 1.54) is 22.5 Å². The van der Waals surface area contributed by atoms with Crippen LogP contribution in [0, 0.1) is 17.7 Å². The van der Waals surface area contributed by atoms with Crippen molar-refractivity contribution >= 4 is 28.9 Å². The van der Waals surface area contributed by atoms with E-state index in [1.807, 2.05) is 30.3 Å². The number of nitrogens with zero attached hydrogens (tertiary/aromatic N) is 1. The number of ether oxygens (including phenoxy) is 1. The number of fused-ring (bicyclic) bond motifs is 1. The van der Waals surface area contributed by atoms with E-state index in [2.05, 4.69) is 11.8 Å². The highest BCUT2D eigenvalue weighted by atomic mass is 32.2. The molecule has 160 valence electrons. The minimum atomic E-state index is -1.68. The molecule has 1 atom stereocenters. The van der Waals surface area contributed by atoms with E-state index in [9.17, 15) is 13.7 Å². The third kappa shape index (κ3) is 4.54. The molecule has 1 aliphatic heterocycles. The highest BCUT2D eigenvalue weighted by Crippen LogP contribution is 2.35. The molecule has 0 radical (unpaired) electrons. The quantitative estimate of drug-likeness (QED) is 0.331. The summed E-state index contributed by atoms with van der Waals surface area (Å²) in [6, 6.07) is 18.8. The van der Waals surface area contributed by atoms with Gasteiger partial charge in [-0.1, -0.05) is 36.1 Å². The average Bonchev–Trinajstić information content (AvgIpc) is 2.81. The number of halogens is 1. The van der Waals surface area contributed by atoms with Gasteiger partial charge >= 0.3 is 0 Å². The first kappa shape index (κ1) is 21.7. The number of allylic oxidation sites excluding steroid dienone is 1. The summed E-state index contributed by atoms with van der Waals surface area (Å²) >= 11 is -1.68. The molecule has 0 aromatic heterocycles. The van der Waals surface area contributed by atoms with Gasteiger partial charge in [0.1, 0.15) is 22.9 Å². The standard InChI is InChI=1S/C26H20FNO3S/c1-28-24-14-11-19(6-3-5-18-9-12-22(31-2)13-10-18)16-23(24)26(29)25(32(28)30)17-20-7-4-8-21(27)15-20/h4,7-17H,5H2,1-2H3/b25-17-. The molecule has 3 aromatic carbocycles. The predicted molar refractivity (Wildman–Crippen MR) is 125 cm³/mol. The van der Waals surface area contributed by atoms with E-state index in [-0.39, 0.29) is 10.7 Å². The lowest BCUT2D eigenvalue weighted by atomic mass is 10.0. The van der Waals surface area contributed by atoms with Crippen LogP contribution < -0.4 is 9.04 Å². The second-order valence-corrected chi connectivity index (χ2v) is 8.68. The normalized spacial score (nSPS) is 16.4. The Morgan fingerprint density at radius 3 is 2.62 bits per heavy atom. The lowest BCUT2D eigenvalue weighted by molar-refractivity contribution is 0.104. The van der Waals surface area contributed by atoms with Crippen LogP contribution in [0.15, 0.2) is 71.6 Å². The largest absolute Gasteiger partial charge is 0.588 e. The van der Waals surface area contributed by atoms with Crippen LogP contribution in [0.3, 0.4) is 0 Å². The fraction of sp³-hybridized carbons (Fsp3) is 0.115. The summed E-state index contributed by atoms with van der Waals surface area (Å²) in [5, 5.41) is 0. The van der Waals surface area contributed by atoms with Crippen LogP contribution in [0.2, 0.25) is 0 Å². The molecule has 1 unspecified atom stereocenters. The van der Waals surface area contributed by atoms with Crippen molar-refractivity contribution in [1.82, 2.24) is 0 Å². The minimum Gasteiger partial charge on any atom is -0.588 e. The Balaban J connectivity index is 1.61. The summed E-state index contributed by atoms with van der Waals surface area (Å²) in [5.74, 6) is 6.24. The van der Waals surface area contributed by atoms with Crippen molar-refractivity contribution in [3.05, 3.63) is 99.7 Å². The third-order valence-electron chi connectivity index (χ3n) is 5.07. The van der Waals surface area contributed by atoms with Gasteiger partial charge in [0.2, 0.25) is 10.7 Å². The van der Waals surface area contributed by atoms with Crippen LogP contribution in [0.25, 0.3) is 6.08 Å². The molecule has 6 heteroatoms. The fourth-order valence-corrected chi connectivity index (χ4v) is 4.51. The number of Topliss-reactive ketones (excluding diaryl/α,β-unsaturated/α-hetero) is 1. The molecule has 32 heavy (non-hydrogen) atoms. The van der Waals surface area contributed by atoms with Gasteiger partial charge in [-0.05, 0) is 53.6 Å². The van der Waals surface area contributed by atoms with Crippen LogP contribution in [0.4, 0.5) is 10.1 Å². The number of ketones is 1. The summed E-state index contributed by atoms with van der Waals surface area (Å²) in [7, 11) is 3.29. The molecule has 0 N–H and O–H groups in total. The van der Waals surface area contributed by atoms with Crippen LogP contribution in [-0.2, 0) is 17.8 Å². The molecule has 0 fully saturated rings. The van der Waals surface area contributed by atoms with Gasteiger partial charge in [0.05, 0.1) is 25.4 Å². The van der Waals surface area contributed by atoms with Gasteiger partial charge in [0.15, 0.2) is 0 Å². The van der Waals surface area contributed by atoms with Gasteiger partial charge in [0.25, 0.3) is 0 Å². The van der Waals surface area contributed by atoms with Gasteiger partial charge in [0, 0.05) is 18.1 Å². The first-order valence-electron chi connectivity index (χ1n) is 9.89. The molecule has 1 aliphatic rings. The summed E-state index contributed by atoms with van der Waals surface area (Å²) in [6.07, 6.45) is 2.03. The van der Waals surface area contributed by atoms with E-state index in [4.69, 9.17) is 4.74 Å². The van der Waals surface area contributed by atoms with E-state index in [1.54, 1.807) is 38.4 Å². The lowest BCUT2D eigenvalue weighted by Crippen LogP contribution is -2.36. The van der Waals surface area contributed by atoms with Gasteiger partial charge in [-0.25, -0.2) is 4.39 Å². The Bertz CT molecular complexity index is 1260. The van der Waals surface area contributed by atoms with Crippen molar-refractivity contribution in [1.29, 1.82) is 0 Å². The molecule has 4 rings (SSSR count). The molecule has 0 spiro atoms. The van der Waals surface area contributed by atoms with Crippen molar-refractivity contribution in [2.24, 2.45) is 0 Å². The molecular weight excluding hydrogens is 425 g/mol. The van der Waals surface area contributed by atoms with E-state index < -0.39 is 17.2 Å². The third-order valence-corrected chi connectivity index (χ3v) is 6.45. The van der Waals surface area contributed by atoms with Gasteiger partial charge in [-0.15, -0.1) is 0 Å². The maximum absolute atomic E-state index is 13.5. The molecule has 1 heterocycles. The maximum atomic E-state index is 13.5. The molecule has 0 saturated carbocycles. The van der Waals surface area contributed by atoms with Crippen molar-refractivity contribution in [2.45, 2.75) is 6.42 Å². The SMILES string of the molecule is COc1ccc(CC#Cc2ccc3c(c2)C(=O)/C(=C/c2cccc(F)c2)[S+]([O-])N3C)cc1. The zero-order valence-corrected chi connectivity index (χ0v) is 18.4. The molecule has 4 nitrogen and oxygen atoms in total. The van der Waals surface area contributed by atoms with Crippen LogP contribution in [0.5, 0.6) is 5.75 Å². The molecule has 0 saturated heterocycles. The van der Waals surface area contributed by atoms with Gasteiger partial charge in [-0.2, -0.15) is 4.31 Å². The van der Waals surface area contributed by atoms with E-state index >= 15 is 0 Å². The summed E-state index contributed by atoms with van der Waals surface area (Å²) in [4.78, 5) is 13.2. The zero-order valence-electron chi connectivity index (χ0n) is 17.6. The van der Waals surface area contributed by atoms with Gasteiger partial charge in [-0.3, -0.25) is 4.79 Å². The Kier molecular flexibility index (Phi) is 6.31. The Morgan fingerprint density at radius 1 is 1.12 bits per heavy atom. The van der Waals surface area contributed by atoms with Crippen LogP contribution >= 0.6 is 0 Å². The lowest BCUT2D eigenvalue weighted by Gasteiger charge is -2.29. The topological polar surface area (TPSA) is 52.6 Å². The summed E-state index contributed by atoms with van der Waals surface area (Å²) in [5.41, 5.74) is 3.23. The van der Waals surface area contributed by atoms with Crippen LogP contribution in [0.1, 0.15) is 27.0 Å². The zero-order chi connectivity index (χ0) is 22.7. The maximum Gasteiger partial charge on any atom is 0.245 e. The molecule has 0 aliphatic carbocycles. The van der Waals surface area contributed by atoms with E-state index in [0.29, 0.717) is 28.8 Å².